The number of rotatable bonds is 6. The first-order valence-electron chi connectivity index (χ1n) is 7.00. The summed E-state index contributed by atoms with van der Waals surface area (Å²) in [6, 6.07) is 6.41. The van der Waals surface area contributed by atoms with Crippen LogP contribution in [0.1, 0.15) is 18.9 Å². The average Bonchev–Trinajstić information content (AvgIpc) is 2.47. The van der Waals surface area contributed by atoms with Crippen molar-refractivity contribution in [3.05, 3.63) is 23.8 Å². The first kappa shape index (κ1) is 14.4. The van der Waals surface area contributed by atoms with Crippen LogP contribution in [0.25, 0.3) is 0 Å². The molecule has 4 heteroatoms. The Bertz CT molecular complexity index is 417. The zero-order chi connectivity index (χ0) is 13.5. The van der Waals surface area contributed by atoms with E-state index in [1.54, 1.807) is 0 Å². The van der Waals surface area contributed by atoms with E-state index in [1.165, 1.54) is 16.1 Å². The summed E-state index contributed by atoms with van der Waals surface area (Å²) in [5, 5.41) is 3.37. The zero-order valence-corrected chi connectivity index (χ0v) is 12.3. The van der Waals surface area contributed by atoms with Gasteiger partial charge in [-0.3, -0.25) is 0 Å². The van der Waals surface area contributed by atoms with Gasteiger partial charge in [0.15, 0.2) is 0 Å². The monoisotopic (exact) mass is 278 g/mol. The number of nitrogens with zero attached hydrogens (tertiary/aromatic N) is 1. The molecule has 2 rings (SSSR count). The molecule has 104 valence electrons. The fraction of sp³-hybridized carbons (Fsp3) is 0.533. The molecule has 1 aromatic carbocycles. The third-order valence-corrected chi connectivity index (χ3v) is 4.62. The molecule has 0 saturated carbocycles. The lowest BCUT2D eigenvalue weighted by atomic mass is 10.1. The maximum atomic E-state index is 11.0. The normalized spacial score (nSPS) is 15.5. The number of aldehydes is 1. The summed E-state index contributed by atoms with van der Waals surface area (Å²) < 4.78 is 0. The van der Waals surface area contributed by atoms with Crippen LogP contribution in [0.4, 0.5) is 5.69 Å². The van der Waals surface area contributed by atoms with Gasteiger partial charge in [-0.05, 0) is 29.9 Å². The molecule has 0 aliphatic carbocycles. The maximum Gasteiger partial charge on any atom is 0.124 e. The third kappa shape index (κ3) is 3.74. The van der Waals surface area contributed by atoms with Crippen LogP contribution in [-0.2, 0) is 11.2 Å². The number of thioether (sulfide) groups is 1. The lowest BCUT2D eigenvalue weighted by Crippen LogP contribution is -2.44. The van der Waals surface area contributed by atoms with Crippen molar-refractivity contribution in [1.82, 2.24) is 5.32 Å². The standard InChI is InChI=1S/C15H22N2OS/c1-2-12-19-15-5-3-4-14(13(15)6-11-18)17-9-7-16-8-10-17/h3-5,11,16H,2,6-10,12H2,1H3. The van der Waals surface area contributed by atoms with Gasteiger partial charge in [0, 0.05) is 43.2 Å². The van der Waals surface area contributed by atoms with Gasteiger partial charge in [-0.15, -0.1) is 11.8 Å². The summed E-state index contributed by atoms with van der Waals surface area (Å²) in [5.41, 5.74) is 2.45. The first-order valence-corrected chi connectivity index (χ1v) is 7.99. The van der Waals surface area contributed by atoms with Crippen LogP contribution >= 0.6 is 11.8 Å². The van der Waals surface area contributed by atoms with Gasteiger partial charge in [0.25, 0.3) is 0 Å². The summed E-state index contributed by atoms with van der Waals surface area (Å²) >= 11 is 1.86. The van der Waals surface area contributed by atoms with Crippen molar-refractivity contribution in [1.29, 1.82) is 0 Å². The molecule has 1 heterocycles. The van der Waals surface area contributed by atoms with Crippen LogP contribution in [-0.4, -0.2) is 38.2 Å². The van der Waals surface area contributed by atoms with Crippen molar-refractivity contribution in [2.75, 3.05) is 36.8 Å². The molecule has 0 aromatic heterocycles. The first-order chi connectivity index (χ1) is 9.36. The van der Waals surface area contributed by atoms with E-state index in [1.807, 2.05) is 11.8 Å². The molecule has 3 nitrogen and oxygen atoms in total. The summed E-state index contributed by atoms with van der Waals surface area (Å²) in [7, 11) is 0. The molecule has 0 bridgehead atoms. The van der Waals surface area contributed by atoms with E-state index in [9.17, 15) is 4.79 Å². The van der Waals surface area contributed by atoms with Gasteiger partial charge in [0.05, 0.1) is 0 Å². The second-order valence-electron chi connectivity index (χ2n) is 4.71. The minimum absolute atomic E-state index is 0.520. The Labute approximate surface area is 119 Å². The Morgan fingerprint density at radius 2 is 2.16 bits per heavy atom. The fourth-order valence-corrected chi connectivity index (χ4v) is 3.35. The second kappa shape index (κ2) is 7.56. The Balaban J connectivity index is 2.26. The highest BCUT2D eigenvalue weighted by Crippen LogP contribution is 2.31. The summed E-state index contributed by atoms with van der Waals surface area (Å²) in [5.74, 6) is 1.11. The molecular formula is C15H22N2OS. The Morgan fingerprint density at radius 1 is 1.37 bits per heavy atom. The van der Waals surface area contributed by atoms with Crippen molar-refractivity contribution in [2.45, 2.75) is 24.7 Å². The molecule has 1 aliphatic rings. The summed E-state index contributed by atoms with van der Waals surface area (Å²) in [6.45, 7) is 6.27. The topological polar surface area (TPSA) is 32.3 Å². The van der Waals surface area contributed by atoms with Crippen LogP contribution in [0.5, 0.6) is 0 Å². The molecule has 0 radical (unpaired) electrons. The largest absolute Gasteiger partial charge is 0.369 e. The van der Waals surface area contributed by atoms with Crippen LogP contribution in [0.2, 0.25) is 0 Å². The van der Waals surface area contributed by atoms with Gasteiger partial charge in [0.1, 0.15) is 6.29 Å². The Morgan fingerprint density at radius 3 is 2.84 bits per heavy atom. The van der Waals surface area contributed by atoms with E-state index in [0.717, 1.165) is 44.6 Å². The summed E-state index contributed by atoms with van der Waals surface area (Å²) in [6.07, 6.45) is 2.70. The molecule has 1 aromatic rings. The highest BCUT2D eigenvalue weighted by atomic mass is 32.2. The minimum atomic E-state index is 0.520. The van der Waals surface area contributed by atoms with Crippen molar-refractivity contribution in [3.8, 4) is 0 Å². The average molecular weight is 278 g/mol. The molecule has 0 atom stereocenters. The number of benzene rings is 1. The highest BCUT2D eigenvalue weighted by molar-refractivity contribution is 7.99. The Hall–Kier alpha value is -1.00. The minimum Gasteiger partial charge on any atom is -0.369 e. The number of carbonyl (C=O) groups is 1. The van der Waals surface area contributed by atoms with Crippen LogP contribution in [0.3, 0.4) is 0 Å². The number of hydrogen-bond acceptors (Lipinski definition) is 4. The number of carbonyl (C=O) groups excluding carboxylic acids is 1. The molecule has 1 aliphatic heterocycles. The van der Waals surface area contributed by atoms with E-state index < -0.39 is 0 Å². The molecule has 0 unspecified atom stereocenters. The second-order valence-corrected chi connectivity index (χ2v) is 5.85. The third-order valence-electron chi connectivity index (χ3n) is 3.32. The van der Waals surface area contributed by atoms with Gasteiger partial charge < -0.3 is 15.0 Å². The number of anilines is 1. The predicted octanol–water partition coefficient (Wildman–Crippen LogP) is 2.34. The smallest absolute Gasteiger partial charge is 0.124 e. The van der Waals surface area contributed by atoms with E-state index in [4.69, 9.17) is 0 Å². The quantitative estimate of drug-likeness (QED) is 0.639. The van der Waals surface area contributed by atoms with Crippen molar-refractivity contribution >= 4 is 23.7 Å². The SMILES string of the molecule is CCCSc1cccc(N2CCNCC2)c1CC=O. The van der Waals surface area contributed by atoms with E-state index in [0.29, 0.717) is 6.42 Å². The van der Waals surface area contributed by atoms with Gasteiger partial charge >= 0.3 is 0 Å². The number of piperazine rings is 1. The zero-order valence-electron chi connectivity index (χ0n) is 11.5. The number of hydrogen-bond donors (Lipinski definition) is 1. The van der Waals surface area contributed by atoms with Crippen molar-refractivity contribution in [2.24, 2.45) is 0 Å². The summed E-state index contributed by atoms with van der Waals surface area (Å²) in [4.78, 5) is 14.7. The number of nitrogens with one attached hydrogen (secondary N) is 1. The molecule has 0 amide bonds. The molecular weight excluding hydrogens is 256 g/mol. The predicted molar refractivity (Wildman–Crippen MR) is 82.3 cm³/mol. The molecule has 0 spiro atoms. The molecule has 19 heavy (non-hydrogen) atoms. The van der Waals surface area contributed by atoms with E-state index >= 15 is 0 Å². The van der Waals surface area contributed by atoms with Crippen LogP contribution in [0.15, 0.2) is 23.1 Å². The van der Waals surface area contributed by atoms with Gasteiger partial charge in [-0.1, -0.05) is 13.0 Å². The lowest BCUT2D eigenvalue weighted by molar-refractivity contribution is -0.107. The maximum absolute atomic E-state index is 11.0. The molecule has 1 saturated heterocycles. The van der Waals surface area contributed by atoms with E-state index in [-0.39, 0.29) is 0 Å². The lowest BCUT2D eigenvalue weighted by Gasteiger charge is -2.31. The highest BCUT2D eigenvalue weighted by Gasteiger charge is 2.16. The van der Waals surface area contributed by atoms with Crippen molar-refractivity contribution in [3.63, 3.8) is 0 Å². The van der Waals surface area contributed by atoms with Gasteiger partial charge in [0.2, 0.25) is 0 Å². The van der Waals surface area contributed by atoms with E-state index in [2.05, 4.69) is 35.3 Å². The molecule has 1 fully saturated rings. The van der Waals surface area contributed by atoms with Gasteiger partial charge in [-0.2, -0.15) is 0 Å². The van der Waals surface area contributed by atoms with Gasteiger partial charge in [-0.25, -0.2) is 0 Å². The molecule has 1 N–H and O–H groups in total. The van der Waals surface area contributed by atoms with Crippen LogP contribution < -0.4 is 10.2 Å². The van der Waals surface area contributed by atoms with Crippen molar-refractivity contribution < 1.29 is 4.79 Å². The Kier molecular flexibility index (Phi) is 5.73. The fourth-order valence-electron chi connectivity index (χ4n) is 2.39. The van der Waals surface area contributed by atoms with Crippen LogP contribution in [0, 0.1) is 0 Å².